The number of phenolic OH excluding ortho intramolecular Hbond substituents is 1. The molecule has 7 heteroatoms. The van der Waals surface area contributed by atoms with Crippen molar-refractivity contribution in [3.05, 3.63) is 69.8 Å². The molecule has 0 bridgehead atoms. The van der Waals surface area contributed by atoms with Crippen LogP contribution in [0.3, 0.4) is 0 Å². The number of benzene rings is 3. The van der Waals surface area contributed by atoms with Crippen molar-refractivity contribution in [2.24, 2.45) is 0 Å². The number of nitro groups is 1. The molecule has 0 saturated heterocycles. The summed E-state index contributed by atoms with van der Waals surface area (Å²) >= 11 is 0. The molecule has 3 aromatic carbocycles. The van der Waals surface area contributed by atoms with E-state index in [1.54, 1.807) is 13.0 Å². The first-order valence-electron chi connectivity index (χ1n) is 11.7. The number of ether oxygens (including phenoxy) is 1. The summed E-state index contributed by atoms with van der Waals surface area (Å²) in [5, 5.41) is 25.6. The topological polar surface area (TPSA) is 88.7 Å². The Labute approximate surface area is 197 Å². The zero-order valence-electron chi connectivity index (χ0n) is 19.4. The van der Waals surface area contributed by atoms with Gasteiger partial charge in [0.25, 0.3) is 0 Å². The lowest BCUT2D eigenvalue weighted by Gasteiger charge is -2.31. The molecule has 4 aromatic rings. The lowest BCUT2D eigenvalue weighted by atomic mass is 9.89. The minimum absolute atomic E-state index is 0.0992. The average Bonchev–Trinajstić information content (AvgIpc) is 2.84. The van der Waals surface area contributed by atoms with E-state index in [4.69, 9.17) is 9.72 Å². The molecule has 0 saturated carbocycles. The fourth-order valence-corrected chi connectivity index (χ4v) is 5.05. The highest BCUT2D eigenvalue weighted by molar-refractivity contribution is 6.09. The molecule has 0 spiro atoms. The number of phenols is 1. The molecule has 7 nitrogen and oxygen atoms in total. The summed E-state index contributed by atoms with van der Waals surface area (Å²) in [4.78, 5) is 18.6. The van der Waals surface area contributed by atoms with Crippen LogP contribution in [0.4, 0.5) is 5.69 Å². The number of aromatic hydroxyl groups is 1. The molecular weight excluding hydrogens is 430 g/mol. The summed E-state index contributed by atoms with van der Waals surface area (Å²) in [7, 11) is 0. The first-order valence-corrected chi connectivity index (χ1v) is 11.7. The van der Waals surface area contributed by atoms with Crippen LogP contribution in [0.15, 0.2) is 48.5 Å². The van der Waals surface area contributed by atoms with Crippen molar-refractivity contribution in [1.29, 1.82) is 0 Å². The summed E-state index contributed by atoms with van der Waals surface area (Å²) < 4.78 is 5.55. The van der Waals surface area contributed by atoms with Crippen LogP contribution < -0.4 is 4.74 Å². The summed E-state index contributed by atoms with van der Waals surface area (Å²) in [5.41, 5.74) is 4.12. The van der Waals surface area contributed by atoms with Crippen molar-refractivity contribution in [3.8, 4) is 22.8 Å². The lowest BCUT2D eigenvalue weighted by molar-refractivity contribution is -0.385. The minimum Gasteiger partial charge on any atom is -0.500 e. The van der Waals surface area contributed by atoms with Crippen molar-refractivity contribution in [3.63, 3.8) is 0 Å². The molecule has 0 aliphatic carbocycles. The maximum absolute atomic E-state index is 11.7. The second-order valence-corrected chi connectivity index (χ2v) is 8.66. The first kappa shape index (κ1) is 22.1. The van der Waals surface area contributed by atoms with Gasteiger partial charge in [-0.1, -0.05) is 37.3 Å². The van der Waals surface area contributed by atoms with E-state index in [0.717, 1.165) is 48.9 Å². The van der Waals surface area contributed by atoms with Crippen LogP contribution in [-0.2, 0) is 13.0 Å². The Morgan fingerprint density at radius 1 is 1.15 bits per heavy atom. The fourth-order valence-electron chi connectivity index (χ4n) is 5.05. The second kappa shape index (κ2) is 8.91. The number of nitrogens with zero attached hydrogens (tertiary/aromatic N) is 3. The van der Waals surface area contributed by atoms with Gasteiger partial charge >= 0.3 is 5.69 Å². The van der Waals surface area contributed by atoms with Crippen molar-refractivity contribution >= 4 is 27.4 Å². The Hall–Kier alpha value is -3.71. The Kier molecular flexibility index (Phi) is 5.79. The van der Waals surface area contributed by atoms with E-state index >= 15 is 0 Å². The van der Waals surface area contributed by atoms with Crippen LogP contribution in [0.2, 0.25) is 0 Å². The molecule has 1 aliphatic heterocycles. The average molecular weight is 458 g/mol. The van der Waals surface area contributed by atoms with E-state index in [-0.39, 0.29) is 18.0 Å². The predicted octanol–water partition coefficient (Wildman–Crippen LogP) is 5.84. The van der Waals surface area contributed by atoms with E-state index in [1.807, 2.05) is 18.2 Å². The van der Waals surface area contributed by atoms with Gasteiger partial charge in [0.2, 0.25) is 5.75 Å². The predicted molar refractivity (Wildman–Crippen MR) is 133 cm³/mol. The Bertz CT molecular complexity index is 1420. The number of pyridine rings is 1. The van der Waals surface area contributed by atoms with Gasteiger partial charge in [-0.25, -0.2) is 4.98 Å². The zero-order chi connectivity index (χ0) is 23.8. The largest absolute Gasteiger partial charge is 0.500 e. The van der Waals surface area contributed by atoms with Gasteiger partial charge in [0.15, 0.2) is 5.75 Å². The molecule has 1 aliphatic rings. The Balaban J connectivity index is 1.82. The fraction of sp³-hybridized carbons (Fsp3) is 0.296. The molecule has 2 heterocycles. The quantitative estimate of drug-likeness (QED) is 0.222. The summed E-state index contributed by atoms with van der Waals surface area (Å²) in [5.74, 6) is -0.356. The number of hydrogen-bond acceptors (Lipinski definition) is 6. The van der Waals surface area contributed by atoms with Crippen molar-refractivity contribution in [2.75, 3.05) is 19.7 Å². The molecule has 34 heavy (non-hydrogen) atoms. The lowest BCUT2D eigenvalue weighted by Crippen LogP contribution is -2.32. The van der Waals surface area contributed by atoms with E-state index in [9.17, 15) is 15.2 Å². The standard InChI is InChI=1S/C27H27N3O4/c1-3-12-29-13-11-20-21(16-29)26(18-14-23(30(32)33)27(31)24(15-18)34-4-2)28-22-10-9-17-7-5-6-8-19(17)25(20)22/h5-10,14-15,31H,3-4,11-13,16H2,1-2H3. The van der Waals surface area contributed by atoms with Gasteiger partial charge in [-0.3, -0.25) is 15.0 Å². The normalized spacial score (nSPS) is 13.8. The molecule has 0 fully saturated rings. The Morgan fingerprint density at radius 2 is 1.97 bits per heavy atom. The van der Waals surface area contributed by atoms with Gasteiger partial charge in [-0.2, -0.15) is 0 Å². The molecule has 1 N–H and O–H groups in total. The van der Waals surface area contributed by atoms with E-state index in [2.05, 4.69) is 30.0 Å². The molecule has 0 radical (unpaired) electrons. The summed E-state index contributed by atoms with van der Waals surface area (Å²) in [6.07, 6.45) is 1.93. The highest BCUT2D eigenvalue weighted by Gasteiger charge is 2.27. The van der Waals surface area contributed by atoms with Crippen LogP contribution in [0, 0.1) is 10.1 Å². The molecule has 174 valence electrons. The first-order chi connectivity index (χ1) is 16.5. The summed E-state index contributed by atoms with van der Waals surface area (Å²) in [6, 6.07) is 15.5. The van der Waals surface area contributed by atoms with Gasteiger partial charge in [-0.05, 0) is 60.3 Å². The molecule has 5 rings (SSSR count). The third-order valence-corrected chi connectivity index (χ3v) is 6.52. The molecule has 1 aromatic heterocycles. The van der Waals surface area contributed by atoms with E-state index in [1.165, 1.54) is 22.4 Å². The van der Waals surface area contributed by atoms with Crippen LogP contribution in [-0.4, -0.2) is 39.6 Å². The van der Waals surface area contributed by atoms with Crippen LogP contribution >= 0.6 is 0 Å². The van der Waals surface area contributed by atoms with Gasteiger partial charge in [-0.15, -0.1) is 0 Å². The third kappa shape index (κ3) is 3.72. The number of nitro benzene ring substituents is 1. The zero-order valence-corrected chi connectivity index (χ0v) is 19.4. The summed E-state index contributed by atoms with van der Waals surface area (Å²) in [6.45, 7) is 6.90. The van der Waals surface area contributed by atoms with Crippen molar-refractivity contribution in [2.45, 2.75) is 33.2 Å². The number of rotatable bonds is 6. The van der Waals surface area contributed by atoms with Gasteiger partial charge in [0.1, 0.15) is 0 Å². The van der Waals surface area contributed by atoms with E-state index < -0.39 is 10.7 Å². The van der Waals surface area contributed by atoms with Gasteiger partial charge in [0.05, 0.1) is 22.7 Å². The second-order valence-electron chi connectivity index (χ2n) is 8.66. The maximum atomic E-state index is 11.7. The third-order valence-electron chi connectivity index (χ3n) is 6.52. The number of aromatic nitrogens is 1. The highest BCUT2D eigenvalue weighted by atomic mass is 16.6. The molecule has 0 atom stereocenters. The monoisotopic (exact) mass is 457 g/mol. The number of hydrogen-bond donors (Lipinski definition) is 1. The van der Waals surface area contributed by atoms with Crippen LogP contribution in [0.5, 0.6) is 11.5 Å². The van der Waals surface area contributed by atoms with Crippen molar-refractivity contribution in [1.82, 2.24) is 9.88 Å². The van der Waals surface area contributed by atoms with Crippen molar-refractivity contribution < 1.29 is 14.8 Å². The van der Waals surface area contributed by atoms with Crippen LogP contribution in [0.25, 0.3) is 32.9 Å². The minimum atomic E-state index is -0.578. The maximum Gasteiger partial charge on any atom is 0.315 e. The SMILES string of the molecule is CCCN1CCc2c(c(-c3cc(OCC)c(O)c([N+](=O)[O-])c3)nc3ccc4ccccc4c23)C1. The van der Waals surface area contributed by atoms with E-state index in [0.29, 0.717) is 11.3 Å². The highest BCUT2D eigenvalue weighted by Crippen LogP contribution is 2.43. The van der Waals surface area contributed by atoms with Gasteiger partial charge in [0, 0.05) is 30.1 Å². The molecule has 0 amide bonds. The smallest absolute Gasteiger partial charge is 0.315 e. The molecular formula is C27H27N3O4. The molecule has 0 unspecified atom stereocenters. The Morgan fingerprint density at radius 3 is 2.74 bits per heavy atom. The van der Waals surface area contributed by atoms with Crippen LogP contribution in [0.1, 0.15) is 31.4 Å². The number of fused-ring (bicyclic) bond motifs is 5. The van der Waals surface area contributed by atoms with Gasteiger partial charge < -0.3 is 9.84 Å².